The molecule has 0 aliphatic heterocycles. The lowest BCUT2D eigenvalue weighted by Gasteiger charge is -2.32. The van der Waals surface area contributed by atoms with Crippen LogP contribution >= 0.6 is 0 Å². The molecule has 0 saturated heterocycles. The molecule has 0 aliphatic carbocycles. The minimum absolute atomic E-state index is 0.0749. The molecule has 0 aliphatic rings. The van der Waals surface area contributed by atoms with Crippen LogP contribution < -0.4 is 14.4 Å². The van der Waals surface area contributed by atoms with Crippen molar-refractivity contribution in [2.75, 3.05) is 30.8 Å². The molecule has 9 heteroatoms. The predicted molar refractivity (Wildman–Crippen MR) is 164 cm³/mol. The molecule has 0 fully saturated rings. The van der Waals surface area contributed by atoms with Crippen LogP contribution in [-0.4, -0.2) is 57.6 Å². The van der Waals surface area contributed by atoms with E-state index in [0.717, 1.165) is 22.3 Å². The van der Waals surface area contributed by atoms with E-state index in [-0.39, 0.29) is 31.3 Å². The van der Waals surface area contributed by atoms with Gasteiger partial charge in [0.05, 0.1) is 19.1 Å². The van der Waals surface area contributed by atoms with Crippen LogP contribution in [0.3, 0.4) is 0 Å². The summed E-state index contributed by atoms with van der Waals surface area (Å²) in [6.07, 6.45) is 1.89. The van der Waals surface area contributed by atoms with Crippen LogP contribution in [0.15, 0.2) is 72.8 Å². The van der Waals surface area contributed by atoms with E-state index in [4.69, 9.17) is 4.74 Å². The van der Waals surface area contributed by atoms with Crippen molar-refractivity contribution < 1.29 is 22.7 Å². The van der Waals surface area contributed by atoms with Crippen molar-refractivity contribution in [2.24, 2.45) is 0 Å². The Morgan fingerprint density at radius 1 is 0.927 bits per heavy atom. The number of sulfonamides is 1. The number of methoxy groups -OCH3 is 1. The molecule has 1 N–H and O–H groups in total. The third-order valence-corrected chi connectivity index (χ3v) is 8.23. The topological polar surface area (TPSA) is 96.0 Å². The molecule has 8 nitrogen and oxygen atoms in total. The van der Waals surface area contributed by atoms with Crippen LogP contribution in [0.4, 0.5) is 5.69 Å². The predicted octanol–water partition coefficient (Wildman–Crippen LogP) is 4.63. The first-order valence-corrected chi connectivity index (χ1v) is 15.7. The van der Waals surface area contributed by atoms with Gasteiger partial charge in [-0.05, 0) is 73.7 Å². The first-order chi connectivity index (χ1) is 19.5. The third-order valence-electron chi connectivity index (χ3n) is 7.04. The molecule has 0 radical (unpaired) electrons. The van der Waals surface area contributed by atoms with Gasteiger partial charge in [0.15, 0.2) is 0 Å². The van der Waals surface area contributed by atoms with Crippen molar-refractivity contribution in [3.63, 3.8) is 0 Å². The second-order valence-electron chi connectivity index (χ2n) is 10.2. The Labute approximate surface area is 244 Å². The standard InChI is InChI=1S/C32H41N3O5S/c1-6-33-32(37)30(22-26-12-8-7-9-13-26)34(23-27-14-10-15-29(21-27)40-4)31(36)16-11-19-35(41(5,38)39)28-18-17-24(2)25(3)20-28/h7-10,12-15,17-18,20-21,30H,6,11,16,19,22-23H2,1-5H3,(H,33,37)/t30-/m0/s1. The number of carbonyl (C=O) groups is 2. The van der Waals surface area contributed by atoms with Crippen molar-refractivity contribution in [2.45, 2.75) is 52.6 Å². The zero-order valence-electron chi connectivity index (χ0n) is 24.6. The molecule has 0 aromatic heterocycles. The van der Waals surface area contributed by atoms with Crippen molar-refractivity contribution in [1.29, 1.82) is 0 Å². The van der Waals surface area contributed by atoms with E-state index in [0.29, 0.717) is 30.8 Å². The summed E-state index contributed by atoms with van der Waals surface area (Å²) in [6, 6.07) is 21.8. The first kappa shape index (κ1) is 31.7. The van der Waals surface area contributed by atoms with Crippen molar-refractivity contribution in [3.8, 4) is 5.75 Å². The summed E-state index contributed by atoms with van der Waals surface area (Å²) in [5.41, 5.74) is 4.39. The number of ether oxygens (including phenoxy) is 1. The van der Waals surface area contributed by atoms with Gasteiger partial charge in [0.2, 0.25) is 21.8 Å². The maximum Gasteiger partial charge on any atom is 0.243 e. The van der Waals surface area contributed by atoms with Gasteiger partial charge in [0, 0.05) is 32.5 Å². The molecule has 3 rings (SSSR count). The maximum absolute atomic E-state index is 13.9. The lowest BCUT2D eigenvalue weighted by molar-refractivity contribution is -0.141. The van der Waals surface area contributed by atoms with Gasteiger partial charge in [0.25, 0.3) is 0 Å². The molecule has 0 unspecified atom stereocenters. The molecule has 3 aromatic rings. The Balaban J connectivity index is 1.88. The van der Waals surface area contributed by atoms with Gasteiger partial charge in [-0.1, -0.05) is 48.5 Å². The number of hydrogen-bond acceptors (Lipinski definition) is 5. The Hall–Kier alpha value is -3.85. The molecule has 2 amide bonds. The number of rotatable bonds is 14. The minimum atomic E-state index is -3.57. The van der Waals surface area contributed by atoms with E-state index in [9.17, 15) is 18.0 Å². The summed E-state index contributed by atoms with van der Waals surface area (Å²) in [4.78, 5) is 28.8. The number of hydrogen-bond donors (Lipinski definition) is 1. The van der Waals surface area contributed by atoms with E-state index in [1.165, 1.54) is 10.6 Å². The molecule has 41 heavy (non-hydrogen) atoms. The average Bonchev–Trinajstić information content (AvgIpc) is 2.94. The van der Waals surface area contributed by atoms with Gasteiger partial charge in [-0.15, -0.1) is 0 Å². The fourth-order valence-corrected chi connectivity index (χ4v) is 5.66. The van der Waals surface area contributed by atoms with Crippen LogP contribution in [0, 0.1) is 13.8 Å². The fourth-order valence-electron chi connectivity index (χ4n) is 4.70. The first-order valence-electron chi connectivity index (χ1n) is 13.8. The number of benzene rings is 3. The maximum atomic E-state index is 13.9. The van der Waals surface area contributed by atoms with E-state index < -0.39 is 16.1 Å². The Morgan fingerprint density at radius 2 is 1.63 bits per heavy atom. The van der Waals surface area contributed by atoms with Gasteiger partial charge in [-0.2, -0.15) is 0 Å². The number of aryl methyl sites for hydroxylation is 2. The normalized spacial score (nSPS) is 11.9. The highest BCUT2D eigenvalue weighted by Crippen LogP contribution is 2.23. The summed E-state index contributed by atoms with van der Waals surface area (Å²) in [5, 5.41) is 2.89. The van der Waals surface area contributed by atoms with Gasteiger partial charge >= 0.3 is 0 Å². The summed E-state index contributed by atoms with van der Waals surface area (Å²) >= 11 is 0. The molecule has 0 spiro atoms. The van der Waals surface area contributed by atoms with Crippen LogP contribution in [0.1, 0.15) is 42.0 Å². The van der Waals surface area contributed by atoms with Crippen LogP contribution in [0.25, 0.3) is 0 Å². The number of nitrogens with one attached hydrogen (secondary N) is 1. The van der Waals surface area contributed by atoms with Crippen LogP contribution in [0.2, 0.25) is 0 Å². The second kappa shape index (κ2) is 14.7. The lowest BCUT2D eigenvalue weighted by Crippen LogP contribution is -2.50. The Morgan fingerprint density at radius 3 is 2.27 bits per heavy atom. The average molecular weight is 580 g/mol. The van der Waals surface area contributed by atoms with Crippen molar-refractivity contribution in [3.05, 3.63) is 95.1 Å². The molecule has 0 saturated carbocycles. The summed E-state index contributed by atoms with van der Waals surface area (Å²) in [7, 11) is -1.99. The molecule has 0 bridgehead atoms. The third kappa shape index (κ3) is 9.08. The van der Waals surface area contributed by atoms with E-state index in [1.54, 1.807) is 18.1 Å². The summed E-state index contributed by atoms with van der Waals surface area (Å²) in [6.45, 7) is 6.54. The molecular weight excluding hydrogens is 538 g/mol. The number of amides is 2. The van der Waals surface area contributed by atoms with Gasteiger partial charge in [-0.25, -0.2) is 8.42 Å². The van der Waals surface area contributed by atoms with Gasteiger partial charge < -0.3 is 15.0 Å². The number of likely N-dealkylation sites (N-methyl/N-ethyl adjacent to an activating group) is 1. The SMILES string of the molecule is CCNC(=O)[C@H](Cc1ccccc1)N(Cc1cccc(OC)c1)C(=O)CCCN(c1ccc(C)c(C)c1)S(C)(=O)=O. The Kier molecular flexibility index (Phi) is 11.3. The Bertz CT molecular complexity index is 1430. The van der Waals surface area contributed by atoms with Crippen LogP contribution in [0.5, 0.6) is 5.75 Å². The largest absolute Gasteiger partial charge is 0.497 e. The van der Waals surface area contributed by atoms with Crippen LogP contribution in [-0.2, 0) is 32.6 Å². The molecular formula is C32H41N3O5S. The van der Waals surface area contributed by atoms with Gasteiger partial charge in [-0.3, -0.25) is 13.9 Å². The number of carbonyl (C=O) groups excluding carboxylic acids is 2. The zero-order valence-corrected chi connectivity index (χ0v) is 25.4. The van der Waals surface area contributed by atoms with E-state index in [2.05, 4.69) is 5.32 Å². The monoisotopic (exact) mass is 579 g/mol. The lowest BCUT2D eigenvalue weighted by atomic mass is 10.0. The molecule has 3 aromatic carbocycles. The van der Waals surface area contributed by atoms with Crippen molar-refractivity contribution >= 4 is 27.5 Å². The highest BCUT2D eigenvalue weighted by atomic mass is 32.2. The highest BCUT2D eigenvalue weighted by Gasteiger charge is 2.30. The molecule has 220 valence electrons. The van der Waals surface area contributed by atoms with Gasteiger partial charge in [0.1, 0.15) is 11.8 Å². The molecule has 0 heterocycles. The summed E-state index contributed by atoms with van der Waals surface area (Å²) < 4.78 is 32.1. The molecule has 1 atom stereocenters. The van der Waals surface area contributed by atoms with E-state index in [1.807, 2.05) is 87.5 Å². The number of anilines is 1. The second-order valence-corrected chi connectivity index (χ2v) is 12.1. The smallest absolute Gasteiger partial charge is 0.243 e. The summed E-state index contributed by atoms with van der Waals surface area (Å²) in [5.74, 6) is 0.193. The quantitative estimate of drug-likeness (QED) is 0.300. The highest BCUT2D eigenvalue weighted by molar-refractivity contribution is 7.92. The van der Waals surface area contributed by atoms with Crippen molar-refractivity contribution in [1.82, 2.24) is 10.2 Å². The fraction of sp³-hybridized carbons (Fsp3) is 0.375. The van der Waals surface area contributed by atoms with E-state index >= 15 is 0 Å². The zero-order chi connectivity index (χ0) is 30.0. The number of nitrogens with zero attached hydrogens (tertiary/aromatic N) is 2. The minimum Gasteiger partial charge on any atom is -0.497 e.